The third kappa shape index (κ3) is 7.20. The molecule has 0 spiro atoms. The summed E-state index contributed by atoms with van der Waals surface area (Å²) in [5, 5.41) is 18.1. The van der Waals surface area contributed by atoms with Crippen molar-refractivity contribution in [3.63, 3.8) is 0 Å². The predicted octanol–water partition coefficient (Wildman–Crippen LogP) is 5.81. The molecular weight excluding hydrogens is 623 g/mol. The monoisotopic (exact) mass is 654 g/mol. The van der Waals surface area contributed by atoms with Gasteiger partial charge >= 0.3 is 0 Å². The zero-order chi connectivity index (χ0) is 32.8. The highest BCUT2D eigenvalue weighted by Crippen LogP contribution is 2.34. The minimum Gasteiger partial charge on any atom is -0.497 e. The predicted molar refractivity (Wildman–Crippen MR) is 173 cm³/mol. The van der Waals surface area contributed by atoms with Crippen LogP contribution in [0.3, 0.4) is 0 Å². The maximum Gasteiger partial charge on any atom is 0.287 e. The summed E-state index contributed by atoms with van der Waals surface area (Å²) in [6.07, 6.45) is 1.88. The first-order valence-corrected chi connectivity index (χ1v) is 15.8. The van der Waals surface area contributed by atoms with Gasteiger partial charge in [0, 0.05) is 12.1 Å². The molecule has 0 aliphatic carbocycles. The average Bonchev–Trinajstić information content (AvgIpc) is 3.88. The van der Waals surface area contributed by atoms with E-state index in [0.717, 1.165) is 22.5 Å². The number of ether oxygens (including phenoxy) is 2. The lowest BCUT2D eigenvalue weighted by atomic mass is 9.98. The fourth-order valence-electron chi connectivity index (χ4n) is 5.12. The van der Waals surface area contributed by atoms with Crippen LogP contribution in [0.15, 0.2) is 106 Å². The first kappa shape index (κ1) is 31.5. The number of carbonyl (C=O) groups is 2. The summed E-state index contributed by atoms with van der Waals surface area (Å²) in [5.41, 5.74) is 3.08. The van der Waals surface area contributed by atoms with Gasteiger partial charge in [0.25, 0.3) is 11.8 Å². The third-order valence-electron chi connectivity index (χ3n) is 7.43. The van der Waals surface area contributed by atoms with E-state index in [4.69, 9.17) is 19.0 Å². The number of methoxy groups -OCH3 is 1. The molecule has 13 heteroatoms. The Balaban J connectivity index is 1.25. The number of amides is 2. The van der Waals surface area contributed by atoms with E-state index in [9.17, 15) is 14.0 Å². The number of benzene rings is 3. The quantitative estimate of drug-likeness (QED) is 0.167. The van der Waals surface area contributed by atoms with E-state index in [2.05, 4.69) is 15.5 Å². The zero-order valence-corrected chi connectivity index (χ0v) is 26.4. The Morgan fingerprint density at radius 3 is 2.43 bits per heavy atom. The van der Waals surface area contributed by atoms with Crippen LogP contribution in [0.4, 0.5) is 4.39 Å². The van der Waals surface area contributed by atoms with Crippen LogP contribution in [0, 0.1) is 5.82 Å². The number of hydrogen-bond donors (Lipinski definition) is 1. The van der Waals surface area contributed by atoms with Crippen LogP contribution < -0.4 is 14.8 Å². The second kappa shape index (κ2) is 14.3. The topological polar surface area (TPSA) is 124 Å². The van der Waals surface area contributed by atoms with Crippen molar-refractivity contribution in [2.24, 2.45) is 5.10 Å². The molecule has 0 saturated heterocycles. The Morgan fingerprint density at radius 1 is 1.00 bits per heavy atom. The normalized spacial score (nSPS) is 14.1. The van der Waals surface area contributed by atoms with Crippen LogP contribution >= 0.6 is 11.8 Å². The van der Waals surface area contributed by atoms with Gasteiger partial charge in [-0.3, -0.25) is 14.2 Å². The summed E-state index contributed by atoms with van der Waals surface area (Å²) in [6.45, 7) is 2.49. The molecule has 1 N–H and O–H groups in total. The van der Waals surface area contributed by atoms with Crippen LogP contribution in [0.1, 0.15) is 46.9 Å². The Hall–Kier alpha value is -5.43. The lowest BCUT2D eigenvalue weighted by Crippen LogP contribution is -2.28. The summed E-state index contributed by atoms with van der Waals surface area (Å²) >= 11 is 1.20. The molecule has 0 fully saturated rings. The van der Waals surface area contributed by atoms with Gasteiger partial charge < -0.3 is 19.2 Å². The van der Waals surface area contributed by atoms with Gasteiger partial charge in [-0.15, -0.1) is 10.2 Å². The van der Waals surface area contributed by atoms with Crippen LogP contribution in [0.2, 0.25) is 0 Å². The smallest absolute Gasteiger partial charge is 0.287 e. The molecule has 1 atom stereocenters. The molecule has 47 heavy (non-hydrogen) atoms. The number of nitrogens with zero attached hydrogens (tertiary/aromatic N) is 5. The number of hydrogen-bond acceptors (Lipinski definition) is 9. The number of aromatic nitrogens is 3. The Morgan fingerprint density at radius 2 is 1.74 bits per heavy atom. The van der Waals surface area contributed by atoms with E-state index in [1.807, 2.05) is 55.5 Å². The summed E-state index contributed by atoms with van der Waals surface area (Å²) in [6, 6.07) is 23.7. The Kier molecular flexibility index (Phi) is 9.62. The average molecular weight is 655 g/mol. The van der Waals surface area contributed by atoms with Crippen molar-refractivity contribution in [1.82, 2.24) is 25.1 Å². The fraction of sp³-hybridized carbons (Fsp3) is 0.206. The van der Waals surface area contributed by atoms with E-state index in [-0.39, 0.29) is 29.8 Å². The molecule has 0 saturated carbocycles. The molecule has 0 radical (unpaired) electrons. The van der Waals surface area contributed by atoms with Crippen molar-refractivity contribution in [2.75, 3.05) is 19.5 Å². The van der Waals surface area contributed by atoms with E-state index < -0.39 is 11.9 Å². The number of furan rings is 1. The van der Waals surface area contributed by atoms with E-state index >= 15 is 0 Å². The van der Waals surface area contributed by atoms with Gasteiger partial charge in [0.2, 0.25) is 0 Å². The molecule has 1 aliphatic heterocycles. The number of rotatable bonds is 12. The molecule has 3 aromatic carbocycles. The molecule has 6 rings (SSSR count). The van der Waals surface area contributed by atoms with Crippen molar-refractivity contribution in [3.05, 3.63) is 120 Å². The number of hydrazone groups is 1. The number of thioether (sulfide) groups is 1. The van der Waals surface area contributed by atoms with Crippen LogP contribution in [-0.4, -0.2) is 56.8 Å². The molecule has 1 aliphatic rings. The lowest BCUT2D eigenvalue weighted by Gasteiger charge is -2.22. The standard InChI is InChI=1S/C34H31FN6O5S/c1-3-45-27-16-12-25(13-17-27)40-31(20-36-33(43)30-5-4-18-46-30)37-38-34(40)47-21-32(42)41-29(23-6-10-24(35)11-7-23)19-28(39-41)22-8-14-26(44-2)15-9-22/h4-18,29H,3,19-21H2,1-2H3,(H,36,43)/t29-/m0/s1. The van der Waals surface area contributed by atoms with Crippen LogP contribution in [0.5, 0.6) is 11.5 Å². The second-order valence-corrected chi connectivity index (χ2v) is 11.3. The van der Waals surface area contributed by atoms with Crippen molar-refractivity contribution in [2.45, 2.75) is 31.1 Å². The lowest BCUT2D eigenvalue weighted by molar-refractivity contribution is -0.130. The van der Waals surface area contributed by atoms with E-state index in [1.165, 1.54) is 35.2 Å². The van der Waals surface area contributed by atoms with Gasteiger partial charge in [-0.1, -0.05) is 23.9 Å². The van der Waals surface area contributed by atoms with E-state index in [1.54, 1.807) is 35.9 Å². The molecule has 240 valence electrons. The second-order valence-electron chi connectivity index (χ2n) is 10.4. The van der Waals surface area contributed by atoms with Gasteiger partial charge in [-0.05, 0) is 90.8 Å². The highest BCUT2D eigenvalue weighted by molar-refractivity contribution is 7.99. The zero-order valence-electron chi connectivity index (χ0n) is 25.6. The SMILES string of the molecule is CCOc1ccc(-n2c(CNC(=O)c3ccco3)nnc2SCC(=O)N2N=C(c3ccc(OC)cc3)C[C@H]2c2ccc(F)cc2)cc1. The number of nitrogens with one attached hydrogen (secondary N) is 1. The highest BCUT2D eigenvalue weighted by atomic mass is 32.2. The van der Waals surface area contributed by atoms with Crippen molar-refractivity contribution in [1.29, 1.82) is 0 Å². The highest BCUT2D eigenvalue weighted by Gasteiger charge is 2.33. The molecule has 11 nitrogen and oxygen atoms in total. The number of carbonyl (C=O) groups excluding carboxylic acids is 2. The molecule has 2 amide bonds. The van der Waals surface area contributed by atoms with Crippen LogP contribution in [0.25, 0.3) is 5.69 Å². The molecule has 0 bridgehead atoms. The molecular formula is C34H31FN6O5S. The minimum absolute atomic E-state index is 0.00892. The van der Waals surface area contributed by atoms with Crippen LogP contribution in [-0.2, 0) is 11.3 Å². The van der Waals surface area contributed by atoms with Crippen molar-refractivity contribution in [3.8, 4) is 17.2 Å². The van der Waals surface area contributed by atoms with Gasteiger partial charge in [0.1, 0.15) is 17.3 Å². The van der Waals surface area contributed by atoms with E-state index in [0.29, 0.717) is 35.5 Å². The minimum atomic E-state index is -0.419. The fourth-order valence-corrected chi connectivity index (χ4v) is 5.94. The Labute approximate surface area is 274 Å². The van der Waals surface area contributed by atoms with Gasteiger partial charge in [-0.25, -0.2) is 9.40 Å². The summed E-state index contributed by atoms with van der Waals surface area (Å²) in [7, 11) is 1.60. The first-order valence-electron chi connectivity index (χ1n) is 14.8. The van der Waals surface area contributed by atoms with Crippen molar-refractivity contribution < 1.29 is 27.9 Å². The maximum atomic E-state index is 13.8. The molecule has 2 aromatic heterocycles. The molecule has 5 aromatic rings. The van der Waals surface area contributed by atoms with Crippen molar-refractivity contribution >= 4 is 29.3 Å². The largest absolute Gasteiger partial charge is 0.497 e. The summed E-state index contributed by atoms with van der Waals surface area (Å²) in [5.74, 6) is 1.01. The van der Waals surface area contributed by atoms with Gasteiger partial charge in [0.05, 0.1) is 44.0 Å². The molecule has 0 unspecified atom stereocenters. The Bertz CT molecular complexity index is 1860. The summed E-state index contributed by atoms with van der Waals surface area (Å²) < 4.78 is 31.6. The molecule has 3 heterocycles. The first-order chi connectivity index (χ1) is 22.9. The maximum absolute atomic E-state index is 13.8. The van der Waals surface area contributed by atoms with Gasteiger partial charge in [0.15, 0.2) is 16.7 Å². The number of halogens is 1. The third-order valence-corrected chi connectivity index (χ3v) is 8.34. The van der Waals surface area contributed by atoms with Gasteiger partial charge in [-0.2, -0.15) is 5.10 Å². The summed E-state index contributed by atoms with van der Waals surface area (Å²) in [4.78, 5) is 26.4.